The number of rotatable bonds is 0. The van der Waals surface area contributed by atoms with Crippen molar-refractivity contribution >= 4 is 66.4 Å². The number of aromatic amines is 4. The van der Waals surface area contributed by atoms with Crippen molar-refractivity contribution in [1.82, 2.24) is 19.9 Å². The Balaban J connectivity index is 1.63. The van der Waals surface area contributed by atoms with Gasteiger partial charge in [-0.25, -0.2) is 20.0 Å². The Kier molecular flexibility index (Phi) is 6.80. The van der Waals surface area contributed by atoms with E-state index in [-0.39, 0.29) is 100.0 Å². The molecule has 16 heteroatoms. The number of hydrogen-bond donors (Lipinski definition) is 4. The lowest BCUT2D eigenvalue weighted by atomic mass is 9.92. The standard InChI is InChI=1S/C40H12N16/c41-9-21-23(11-43)27(15-47)31-29(25(21)13-45)37-52-35-19-7-3-1-5-17(19)33(50-35)49-34-18-6-2-4-8-20(18)36(51-34)53-38-30-26(14-46)22(10-42)24(12-44)28(16-48)32(30)40(55-38)56-39(31)54-37/h1-8H,(H4,49,50,51,52,53,54,55,56). The van der Waals surface area contributed by atoms with Crippen molar-refractivity contribution in [1.29, 1.82) is 42.1 Å². The summed E-state index contributed by atoms with van der Waals surface area (Å²) in [4.78, 5) is 32.2. The van der Waals surface area contributed by atoms with Gasteiger partial charge in [-0.2, -0.15) is 42.1 Å². The predicted molar refractivity (Wildman–Crippen MR) is 194 cm³/mol. The van der Waals surface area contributed by atoms with Gasteiger partial charge in [-0.05, 0) is 0 Å². The Morgan fingerprint density at radius 2 is 0.589 bits per heavy atom. The average molecular weight is 717 g/mol. The first-order valence-corrected chi connectivity index (χ1v) is 16.2. The molecule has 16 nitrogen and oxygen atoms in total. The van der Waals surface area contributed by atoms with E-state index in [9.17, 15) is 42.1 Å². The first kappa shape index (κ1) is 32.1. The van der Waals surface area contributed by atoms with E-state index in [0.717, 1.165) is 0 Å². The van der Waals surface area contributed by atoms with Crippen LogP contribution in [0.25, 0.3) is 43.1 Å². The van der Waals surface area contributed by atoms with Gasteiger partial charge in [0.25, 0.3) is 0 Å². The Hall–Kier alpha value is -9.84. The van der Waals surface area contributed by atoms with Crippen LogP contribution in [0.2, 0.25) is 0 Å². The lowest BCUT2D eigenvalue weighted by molar-refractivity contribution is 1.08. The third kappa shape index (κ3) is 4.19. The molecular formula is C40H12N16. The van der Waals surface area contributed by atoms with Crippen LogP contribution in [0.4, 0.5) is 23.3 Å². The van der Waals surface area contributed by atoms with Crippen molar-refractivity contribution in [3.63, 3.8) is 0 Å². The van der Waals surface area contributed by atoms with Gasteiger partial charge in [-0.3, -0.25) is 0 Å². The predicted octanol–water partition coefficient (Wildman–Crippen LogP) is 4.70. The van der Waals surface area contributed by atoms with E-state index in [0.29, 0.717) is 32.9 Å². The molecule has 0 radical (unpaired) electrons. The SMILES string of the molecule is N#Cc1c(C#N)c(C#N)c2c3[nH]c(c2c1C#N)N=c1[nH]c(c2ccccc12)=Nc1[nH]c(c2ccccc12)N=c1[nH]c(c2c(C#N)c(C#N)c(C#N)c(C#N)c12)=N3. The second kappa shape index (κ2) is 11.9. The summed E-state index contributed by atoms with van der Waals surface area (Å²) in [6.45, 7) is 0. The summed E-state index contributed by atoms with van der Waals surface area (Å²) in [5.41, 5.74) is -1.95. The maximum atomic E-state index is 10.5. The molecule has 0 saturated heterocycles. The first-order valence-electron chi connectivity index (χ1n) is 16.2. The summed E-state index contributed by atoms with van der Waals surface area (Å²) in [5.74, 6) is 0.532. The van der Waals surface area contributed by atoms with E-state index < -0.39 is 0 Å². The fourth-order valence-electron chi connectivity index (χ4n) is 7.24. The van der Waals surface area contributed by atoms with Gasteiger partial charge < -0.3 is 19.9 Å². The van der Waals surface area contributed by atoms with Crippen LogP contribution in [0, 0.1) is 90.6 Å². The minimum Gasteiger partial charge on any atom is -0.324 e. The van der Waals surface area contributed by atoms with Gasteiger partial charge in [0.1, 0.15) is 93.8 Å². The average Bonchev–Trinajstić information content (AvgIpc) is 3.97. The van der Waals surface area contributed by atoms with Crippen LogP contribution < -0.4 is 22.0 Å². The first-order chi connectivity index (χ1) is 27.4. The molecule has 252 valence electrons. The molecule has 8 bridgehead atoms. The van der Waals surface area contributed by atoms with Gasteiger partial charge in [-0.15, -0.1) is 0 Å². The highest BCUT2D eigenvalue weighted by atomic mass is 15.1. The molecule has 1 aliphatic rings. The summed E-state index contributed by atoms with van der Waals surface area (Å²) < 4.78 is 0. The molecule has 0 amide bonds. The molecule has 4 N–H and O–H groups in total. The van der Waals surface area contributed by atoms with Crippen molar-refractivity contribution in [3.8, 4) is 48.6 Å². The van der Waals surface area contributed by atoms with E-state index in [1.54, 1.807) is 12.1 Å². The molecule has 4 aromatic heterocycles. The monoisotopic (exact) mass is 716 g/mol. The van der Waals surface area contributed by atoms with Crippen molar-refractivity contribution in [3.05, 3.63) is 115 Å². The van der Waals surface area contributed by atoms with Crippen LogP contribution in [0.3, 0.4) is 0 Å². The summed E-state index contributed by atoms with van der Waals surface area (Å²) in [7, 11) is 0. The smallest absolute Gasteiger partial charge is 0.143 e. The van der Waals surface area contributed by atoms with Gasteiger partial charge in [0.15, 0.2) is 0 Å². The molecule has 0 atom stereocenters. The van der Waals surface area contributed by atoms with Crippen molar-refractivity contribution in [2.45, 2.75) is 0 Å². The number of nitrogens with one attached hydrogen (secondary N) is 4. The lowest BCUT2D eigenvalue weighted by Crippen LogP contribution is -2.10. The Labute approximate surface area is 311 Å². The van der Waals surface area contributed by atoms with Crippen molar-refractivity contribution in [2.75, 3.05) is 0 Å². The van der Waals surface area contributed by atoms with Gasteiger partial charge in [0.2, 0.25) is 0 Å². The molecule has 0 saturated carbocycles. The zero-order valence-electron chi connectivity index (χ0n) is 28.0. The van der Waals surface area contributed by atoms with Gasteiger partial charge >= 0.3 is 0 Å². The highest BCUT2D eigenvalue weighted by molar-refractivity contribution is 6.09. The van der Waals surface area contributed by atoms with Gasteiger partial charge in [0.05, 0.1) is 44.5 Å². The molecule has 0 unspecified atom stereocenters. The molecule has 4 aromatic carbocycles. The summed E-state index contributed by atoms with van der Waals surface area (Å²) in [6.07, 6.45) is 0. The van der Waals surface area contributed by atoms with Crippen LogP contribution in [0.1, 0.15) is 44.5 Å². The normalized spacial score (nSPS) is 11.3. The fourth-order valence-corrected chi connectivity index (χ4v) is 7.24. The third-order valence-electron chi connectivity index (χ3n) is 9.56. The Morgan fingerprint density at radius 1 is 0.304 bits per heavy atom. The Morgan fingerprint density at radius 3 is 0.982 bits per heavy atom. The van der Waals surface area contributed by atoms with Crippen LogP contribution in [-0.4, -0.2) is 19.9 Å². The molecule has 56 heavy (non-hydrogen) atoms. The second-order valence-electron chi connectivity index (χ2n) is 12.2. The lowest BCUT2D eigenvalue weighted by Gasteiger charge is -2.05. The molecule has 5 heterocycles. The number of hydrogen-bond acceptors (Lipinski definition) is 12. The number of H-pyrrole nitrogens is 4. The van der Waals surface area contributed by atoms with Crippen LogP contribution in [0.15, 0.2) is 68.5 Å². The maximum Gasteiger partial charge on any atom is 0.143 e. The van der Waals surface area contributed by atoms with Crippen LogP contribution >= 0.6 is 0 Å². The number of benzene rings is 4. The van der Waals surface area contributed by atoms with Crippen LogP contribution in [-0.2, 0) is 0 Å². The molecule has 1 aliphatic heterocycles. The quantitative estimate of drug-likeness (QED) is 0.170. The molecule has 0 spiro atoms. The van der Waals surface area contributed by atoms with E-state index in [1.165, 1.54) is 0 Å². The zero-order chi connectivity index (χ0) is 38.8. The van der Waals surface area contributed by atoms with Gasteiger partial charge in [-0.1, -0.05) is 48.5 Å². The number of aromatic nitrogens is 4. The van der Waals surface area contributed by atoms with Crippen molar-refractivity contribution < 1.29 is 0 Å². The topological polar surface area (TPSA) is 303 Å². The molecule has 8 aromatic rings. The molecule has 9 rings (SSSR count). The van der Waals surface area contributed by atoms with Gasteiger partial charge in [0, 0.05) is 43.1 Å². The summed E-state index contributed by atoms with van der Waals surface area (Å²) in [5, 5.41) is 85.1. The molecular weight excluding hydrogens is 705 g/mol. The fraction of sp³-hybridized carbons (Fsp3) is 0. The molecule has 0 fully saturated rings. The second-order valence-corrected chi connectivity index (χ2v) is 12.2. The number of nitriles is 8. The maximum absolute atomic E-state index is 10.5. The Bertz CT molecular complexity index is 3810. The number of nitrogens with zero attached hydrogens (tertiary/aromatic N) is 12. The minimum atomic E-state index is -0.366. The number of fused-ring (bicyclic) bond motifs is 20. The van der Waals surface area contributed by atoms with E-state index in [4.69, 9.17) is 20.0 Å². The van der Waals surface area contributed by atoms with E-state index in [2.05, 4.69) is 19.9 Å². The van der Waals surface area contributed by atoms with E-state index in [1.807, 2.05) is 85.0 Å². The summed E-state index contributed by atoms with van der Waals surface area (Å²) >= 11 is 0. The third-order valence-corrected chi connectivity index (χ3v) is 9.56. The molecule has 0 aliphatic carbocycles. The van der Waals surface area contributed by atoms with E-state index >= 15 is 0 Å². The minimum absolute atomic E-state index is 0.00268. The zero-order valence-corrected chi connectivity index (χ0v) is 28.0. The highest BCUT2D eigenvalue weighted by Crippen LogP contribution is 2.42. The highest BCUT2D eigenvalue weighted by Gasteiger charge is 2.28. The van der Waals surface area contributed by atoms with Crippen LogP contribution in [0.5, 0.6) is 0 Å². The summed E-state index contributed by atoms with van der Waals surface area (Å²) in [6, 6.07) is 30.1. The largest absolute Gasteiger partial charge is 0.324 e. The van der Waals surface area contributed by atoms with Crippen molar-refractivity contribution in [2.24, 2.45) is 20.0 Å².